The number of rotatable bonds is 4. The minimum absolute atomic E-state index is 0.906. The van der Waals surface area contributed by atoms with Gasteiger partial charge in [-0.3, -0.25) is 0 Å². The monoisotopic (exact) mass is 449 g/mol. The molecule has 2 aromatic rings. The summed E-state index contributed by atoms with van der Waals surface area (Å²) < 4.78 is 64.7. The fourth-order valence-electron chi connectivity index (χ4n) is 1.59. The van der Waals surface area contributed by atoms with Crippen LogP contribution >= 0.6 is 0 Å². The van der Waals surface area contributed by atoms with Crippen molar-refractivity contribution in [3.8, 4) is 5.75 Å². The second-order valence-electron chi connectivity index (χ2n) is 4.63. The van der Waals surface area contributed by atoms with Gasteiger partial charge < -0.3 is 10.1 Å². The second-order valence-corrected chi connectivity index (χ2v) is 10.1. The van der Waals surface area contributed by atoms with Gasteiger partial charge in [0.15, 0.2) is 0 Å². The quantitative estimate of drug-likeness (QED) is 0.422. The van der Waals surface area contributed by atoms with E-state index < -0.39 is 19.5 Å². The zero-order chi connectivity index (χ0) is 17.6. The number of halogens is 6. The summed E-state index contributed by atoms with van der Waals surface area (Å²) in [6, 6.07) is 18.6. The van der Waals surface area contributed by atoms with Crippen molar-refractivity contribution in [2.24, 2.45) is 0 Å². The summed E-state index contributed by atoms with van der Waals surface area (Å²) in [6.45, 7) is 0.952. The molecule has 0 bridgehead atoms. The number of quaternary nitrogens is 1. The van der Waals surface area contributed by atoms with Gasteiger partial charge in [-0.15, -0.1) is 0 Å². The van der Waals surface area contributed by atoms with E-state index in [2.05, 4.69) is 41.7 Å². The maximum atomic E-state index is 9.93. The first kappa shape index (κ1) is 19.6. The molecule has 0 saturated carbocycles. The van der Waals surface area contributed by atoms with Crippen molar-refractivity contribution >= 4 is 25.2 Å². The van der Waals surface area contributed by atoms with Gasteiger partial charge in [0.2, 0.25) is 0 Å². The third-order valence-electron chi connectivity index (χ3n) is 2.53. The number of hydrogen-bond donors (Lipinski definition) is 1. The number of methoxy groups -OCH3 is 1. The van der Waals surface area contributed by atoms with E-state index in [1.165, 1.54) is 11.3 Å². The molecule has 0 fully saturated rings. The van der Waals surface area contributed by atoms with Crippen LogP contribution in [-0.2, 0) is 6.54 Å². The van der Waals surface area contributed by atoms with Crippen molar-refractivity contribution in [2.75, 3.05) is 7.11 Å². The molecular weight excluding hydrogens is 434 g/mol. The van der Waals surface area contributed by atoms with E-state index >= 15 is 0 Å². The van der Waals surface area contributed by atoms with Crippen LogP contribution < -0.4 is 10.1 Å². The fraction of sp³-hybridized carbons (Fsp3) is 0.143. The zero-order valence-corrected chi connectivity index (χ0v) is 14.7. The summed E-state index contributed by atoms with van der Waals surface area (Å²) in [5.74, 6) is 0.906. The van der Waals surface area contributed by atoms with Crippen molar-refractivity contribution in [1.29, 1.82) is 0 Å². The Morgan fingerprint density at radius 1 is 0.826 bits per heavy atom. The Hall–Kier alpha value is -1.40. The standard InChI is InChI=1S/C14H15NO.6FH.Sb/c1-16-14-9-7-12(8-10-14)11-15-13-5-3-2-4-6-13;;;;;;;/h2-10,15H,11H2,1H3;6*1H;/q;;;;;;;+5/p-5. The number of para-hydroxylation sites is 1. The van der Waals surface area contributed by atoms with Gasteiger partial charge in [-0.2, -0.15) is 0 Å². The summed E-state index contributed by atoms with van der Waals surface area (Å²) >= 11 is -11.2. The van der Waals surface area contributed by atoms with Crippen molar-refractivity contribution in [1.82, 2.24) is 0 Å². The molecule has 2 N–H and O–H groups in total. The van der Waals surface area contributed by atoms with Crippen molar-refractivity contribution in [3.05, 3.63) is 60.2 Å². The average molecular weight is 450 g/mol. The molecule has 0 heterocycles. The first-order valence-electron chi connectivity index (χ1n) is 6.41. The summed E-state index contributed by atoms with van der Waals surface area (Å²) in [4.78, 5) is 0. The van der Waals surface area contributed by atoms with E-state index in [0.29, 0.717) is 0 Å². The van der Waals surface area contributed by atoms with Gasteiger partial charge in [-0.1, -0.05) is 18.2 Å². The number of nitrogens with two attached hydrogens (primary N) is 1. The second kappa shape index (κ2) is 6.61. The molecule has 0 radical (unpaired) electrons. The Morgan fingerprint density at radius 3 is 1.74 bits per heavy atom. The van der Waals surface area contributed by atoms with Crippen LogP contribution in [0.3, 0.4) is 0 Å². The van der Waals surface area contributed by atoms with E-state index in [-0.39, 0.29) is 0 Å². The minimum atomic E-state index is -11.2. The molecule has 0 atom stereocenters. The van der Waals surface area contributed by atoms with E-state index in [0.717, 1.165) is 12.3 Å². The van der Waals surface area contributed by atoms with E-state index in [1.54, 1.807) is 7.11 Å². The topological polar surface area (TPSA) is 25.8 Å². The zero-order valence-electron chi connectivity index (χ0n) is 12.1. The normalized spacial score (nSPS) is 14.0. The molecule has 0 spiro atoms. The van der Waals surface area contributed by atoms with Crippen LogP contribution in [0.5, 0.6) is 5.75 Å². The molecule has 2 nitrogen and oxygen atoms in total. The molecule has 2 aromatic carbocycles. The van der Waals surface area contributed by atoms with E-state index in [1.807, 2.05) is 18.2 Å². The third kappa shape index (κ3) is 12.8. The predicted molar refractivity (Wildman–Crippen MR) is 77.1 cm³/mol. The predicted octanol–water partition coefficient (Wildman–Crippen LogP) is 4.23. The first-order chi connectivity index (χ1) is 10.3. The van der Waals surface area contributed by atoms with Crippen LogP contribution in [0.1, 0.15) is 5.56 Å². The van der Waals surface area contributed by atoms with Crippen LogP contribution in [0, 0.1) is 0 Å². The number of ether oxygens (including phenoxy) is 1. The van der Waals surface area contributed by atoms with Gasteiger partial charge in [0.25, 0.3) is 0 Å². The van der Waals surface area contributed by atoms with Crippen LogP contribution in [0.15, 0.2) is 54.6 Å². The van der Waals surface area contributed by atoms with Gasteiger partial charge in [0, 0.05) is 5.56 Å². The Bertz CT molecular complexity index is 601. The number of benzene rings is 2. The van der Waals surface area contributed by atoms with Gasteiger partial charge >= 0.3 is 36.4 Å². The fourth-order valence-corrected chi connectivity index (χ4v) is 1.59. The van der Waals surface area contributed by atoms with Crippen molar-refractivity contribution in [2.45, 2.75) is 6.54 Å². The number of hydrogen-bond acceptors (Lipinski definition) is 1. The molecule has 0 aliphatic carbocycles. The van der Waals surface area contributed by atoms with Gasteiger partial charge in [0.1, 0.15) is 18.0 Å². The Kier molecular flexibility index (Phi) is 5.65. The van der Waals surface area contributed by atoms with Crippen molar-refractivity contribution < 1.29 is 26.9 Å². The van der Waals surface area contributed by atoms with Crippen LogP contribution in [0.25, 0.3) is 0 Å². The summed E-state index contributed by atoms with van der Waals surface area (Å²) in [7, 11) is 1.69. The summed E-state index contributed by atoms with van der Waals surface area (Å²) in [5.41, 5.74) is 2.56. The first-order valence-corrected chi connectivity index (χ1v) is 12.2. The Morgan fingerprint density at radius 2 is 1.30 bits per heavy atom. The molecule has 0 unspecified atom stereocenters. The molecule has 0 aliphatic rings. The van der Waals surface area contributed by atoms with Crippen LogP contribution in [0.4, 0.5) is 22.6 Å². The molecule has 0 saturated heterocycles. The molecule has 0 aromatic heterocycles. The molecule has 0 amide bonds. The molecule has 130 valence electrons. The summed E-state index contributed by atoms with van der Waals surface area (Å²) in [6.07, 6.45) is 0. The van der Waals surface area contributed by atoms with Gasteiger partial charge in [-0.25, -0.2) is 0 Å². The van der Waals surface area contributed by atoms with Gasteiger partial charge in [0.05, 0.1) is 7.11 Å². The van der Waals surface area contributed by atoms with Crippen molar-refractivity contribution in [3.63, 3.8) is 0 Å². The van der Waals surface area contributed by atoms with Crippen LogP contribution in [-0.4, -0.2) is 26.6 Å². The summed E-state index contributed by atoms with van der Waals surface area (Å²) in [5, 5.41) is 2.22. The van der Waals surface area contributed by atoms with E-state index in [4.69, 9.17) is 4.74 Å². The maximum absolute atomic E-state index is 11.2. The third-order valence-corrected chi connectivity index (χ3v) is 2.53. The Labute approximate surface area is 132 Å². The molecule has 9 heteroatoms. The van der Waals surface area contributed by atoms with Gasteiger partial charge in [-0.05, 0) is 36.4 Å². The average Bonchev–Trinajstić information content (AvgIpc) is 2.43. The SMILES string of the molecule is COc1ccc(C[NH2+]c2ccccc2)cc1.[F][Sb-]([F])([F])([F])([F])[F]. The Balaban J connectivity index is 0.000000322. The molecule has 0 aliphatic heterocycles. The molecule has 23 heavy (non-hydrogen) atoms. The van der Waals surface area contributed by atoms with Crippen LogP contribution in [0.2, 0.25) is 0 Å². The molecule has 2 rings (SSSR count). The molecular formula is C14H16F6NOSb. The van der Waals surface area contributed by atoms with E-state index in [9.17, 15) is 16.9 Å².